The molecule has 2 aromatic rings. The van der Waals surface area contributed by atoms with Crippen molar-refractivity contribution in [2.24, 2.45) is 5.84 Å². The largest absolute Gasteiger partial charge is 0.289 e. The first kappa shape index (κ1) is 14.8. The second kappa shape index (κ2) is 6.34. The second-order valence-corrected chi connectivity index (χ2v) is 7.55. The van der Waals surface area contributed by atoms with Crippen molar-refractivity contribution in [3.63, 3.8) is 0 Å². The van der Waals surface area contributed by atoms with Crippen LogP contribution in [0.3, 0.4) is 0 Å². The van der Waals surface area contributed by atoms with Gasteiger partial charge in [-0.1, -0.05) is 18.9 Å². The molecular formula is C15H17FN2OS2. The third kappa shape index (κ3) is 2.93. The van der Waals surface area contributed by atoms with Gasteiger partial charge >= 0.3 is 0 Å². The fourth-order valence-electron chi connectivity index (χ4n) is 2.81. The minimum atomic E-state index is -0.336. The van der Waals surface area contributed by atoms with E-state index in [1.54, 1.807) is 6.07 Å². The number of hydrazine groups is 1. The molecule has 0 unspecified atom stereocenters. The first-order chi connectivity index (χ1) is 10.2. The standard InChI is InChI=1S/C15H17FN2OS2/c16-11-6-3-7-12-13(11)10(14(21-12)15(19)18-17)8-20-9-4-1-2-5-9/h3,6-7,9H,1-2,4-5,8,17H2,(H,18,19). The van der Waals surface area contributed by atoms with E-state index < -0.39 is 0 Å². The van der Waals surface area contributed by atoms with Crippen LogP contribution in [-0.2, 0) is 5.75 Å². The third-order valence-corrected chi connectivity index (χ3v) is 6.46. The quantitative estimate of drug-likeness (QED) is 0.511. The molecule has 1 fully saturated rings. The first-order valence-corrected chi connectivity index (χ1v) is 8.89. The van der Waals surface area contributed by atoms with Crippen LogP contribution in [0.4, 0.5) is 4.39 Å². The summed E-state index contributed by atoms with van der Waals surface area (Å²) in [5.74, 6) is 5.32. The van der Waals surface area contributed by atoms with Crippen molar-refractivity contribution >= 4 is 39.1 Å². The third-order valence-electron chi connectivity index (χ3n) is 3.87. The molecule has 1 amide bonds. The second-order valence-electron chi connectivity index (χ2n) is 5.21. The Hall–Kier alpha value is -1.11. The van der Waals surface area contributed by atoms with Gasteiger partial charge in [0.2, 0.25) is 0 Å². The lowest BCUT2D eigenvalue weighted by Crippen LogP contribution is -2.29. The van der Waals surface area contributed by atoms with Crippen LogP contribution < -0.4 is 11.3 Å². The molecule has 0 atom stereocenters. The van der Waals surface area contributed by atoms with Gasteiger partial charge in [0.1, 0.15) is 5.82 Å². The Morgan fingerprint density at radius 1 is 1.43 bits per heavy atom. The number of thiophene rings is 1. The van der Waals surface area contributed by atoms with E-state index in [1.807, 2.05) is 17.8 Å². The van der Waals surface area contributed by atoms with Crippen LogP contribution in [0.25, 0.3) is 10.1 Å². The zero-order valence-corrected chi connectivity index (χ0v) is 13.2. The van der Waals surface area contributed by atoms with Gasteiger partial charge in [-0.3, -0.25) is 10.2 Å². The Bertz CT molecular complexity index is 665. The first-order valence-electron chi connectivity index (χ1n) is 7.03. The van der Waals surface area contributed by atoms with E-state index in [-0.39, 0.29) is 11.7 Å². The van der Waals surface area contributed by atoms with Gasteiger partial charge < -0.3 is 0 Å². The van der Waals surface area contributed by atoms with Crippen LogP contribution in [0.2, 0.25) is 0 Å². The number of amides is 1. The van der Waals surface area contributed by atoms with Crippen molar-refractivity contribution in [3.8, 4) is 0 Å². The highest BCUT2D eigenvalue weighted by Gasteiger charge is 2.22. The van der Waals surface area contributed by atoms with Gasteiger partial charge in [0.05, 0.1) is 4.88 Å². The number of halogens is 1. The zero-order valence-electron chi connectivity index (χ0n) is 11.5. The number of carbonyl (C=O) groups is 1. The van der Waals surface area contributed by atoms with Gasteiger partial charge in [-0.05, 0) is 30.5 Å². The number of hydrogen-bond donors (Lipinski definition) is 2. The van der Waals surface area contributed by atoms with Crippen LogP contribution in [0.5, 0.6) is 0 Å². The molecule has 1 heterocycles. The number of thioether (sulfide) groups is 1. The van der Waals surface area contributed by atoms with E-state index in [0.29, 0.717) is 21.3 Å². The highest BCUT2D eigenvalue weighted by Crippen LogP contribution is 2.38. The van der Waals surface area contributed by atoms with Crippen LogP contribution in [-0.4, -0.2) is 11.2 Å². The van der Waals surface area contributed by atoms with Crippen LogP contribution in [0.15, 0.2) is 18.2 Å². The maximum absolute atomic E-state index is 14.2. The monoisotopic (exact) mass is 324 g/mol. The molecule has 1 aromatic carbocycles. The summed E-state index contributed by atoms with van der Waals surface area (Å²) in [5, 5.41) is 1.20. The Balaban J connectivity index is 1.97. The zero-order chi connectivity index (χ0) is 14.8. The van der Waals surface area contributed by atoms with Crippen molar-refractivity contribution in [2.75, 3.05) is 0 Å². The molecule has 6 heteroatoms. The Kier molecular flexibility index (Phi) is 4.47. The number of nitrogen functional groups attached to an aromatic ring is 1. The van der Waals surface area contributed by atoms with Gasteiger partial charge in [-0.25, -0.2) is 10.2 Å². The topological polar surface area (TPSA) is 55.1 Å². The number of carbonyl (C=O) groups excluding carboxylic acids is 1. The Morgan fingerprint density at radius 2 is 2.19 bits per heavy atom. The molecule has 0 aliphatic heterocycles. The Morgan fingerprint density at radius 3 is 2.90 bits per heavy atom. The number of hydrogen-bond acceptors (Lipinski definition) is 4. The number of nitrogens with two attached hydrogens (primary N) is 1. The van der Waals surface area contributed by atoms with Gasteiger partial charge in [0.15, 0.2) is 0 Å². The number of fused-ring (bicyclic) bond motifs is 1. The highest BCUT2D eigenvalue weighted by atomic mass is 32.2. The average molecular weight is 324 g/mol. The highest BCUT2D eigenvalue weighted by molar-refractivity contribution is 7.99. The lowest BCUT2D eigenvalue weighted by Gasteiger charge is -2.09. The number of benzene rings is 1. The molecule has 0 spiro atoms. The fraction of sp³-hybridized carbons (Fsp3) is 0.400. The maximum Gasteiger partial charge on any atom is 0.275 e. The smallest absolute Gasteiger partial charge is 0.275 e. The summed E-state index contributed by atoms with van der Waals surface area (Å²) in [6.45, 7) is 0. The molecule has 1 saturated carbocycles. The lowest BCUT2D eigenvalue weighted by atomic mass is 10.1. The lowest BCUT2D eigenvalue weighted by molar-refractivity contribution is 0.0957. The summed E-state index contributed by atoms with van der Waals surface area (Å²) in [5.41, 5.74) is 2.95. The van der Waals surface area contributed by atoms with Crippen molar-refractivity contribution in [3.05, 3.63) is 34.5 Å². The molecule has 1 aliphatic rings. The van der Waals surface area contributed by atoms with Crippen LogP contribution in [0, 0.1) is 5.82 Å². The molecule has 0 radical (unpaired) electrons. The van der Waals surface area contributed by atoms with E-state index in [4.69, 9.17) is 5.84 Å². The van der Waals surface area contributed by atoms with E-state index in [9.17, 15) is 9.18 Å². The molecule has 1 aromatic heterocycles. The number of rotatable bonds is 4. The van der Waals surface area contributed by atoms with Gasteiger partial charge in [0, 0.05) is 21.1 Å². The summed E-state index contributed by atoms with van der Waals surface area (Å²) in [6, 6.07) is 4.97. The molecule has 0 bridgehead atoms. The molecule has 3 N–H and O–H groups in total. The predicted octanol–water partition coefficient (Wildman–Crippen LogP) is 3.82. The predicted molar refractivity (Wildman–Crippen MR) is 87.0 cm³/mol. The normalized spacial score (nSPS) is 15.7. The van der Waals surface area contributed by atoms with Crippen molar-refractivity contribution in [1.82, 2.24) is 5.43 Å². The van der Waals surface area contributed by atoms with Gasteiger partial charge in [-0.15, -0.1) is 11.3 Å². The summed E-state index contributed by atoms with van der Waals surface area (Å²) in [6.07, 6.45) is 4.97. The molecule has 1 aliphatic carbocycles. The molecule has 3 nitrogen and oxygen atoms in total. The molecule has 112 valence electrons. The van der Waals surface area contributed by atoms with E-state index in [1.165, 1.54) is 43.1 Å². The minimum absolute atomic E-state index is 0.262. The minimum Gasteiger partial charge on any atom is -0.289 e. The summed E-state index contributed by atoms with van der Waals surface area (Å²) in [4.78, 5) is 12.5. The summed E-state index contributed by atoms with van der Waals surface area (Å²) < 4.78 is 15.0. The van der Waals surface area contributed by atoms with E-state index >= 15 is 0 Å². The average Bonchev–Trinajstić information content (AvgIpc) is 3.12. The summed E-state index contributed by atoms with van der Waals surface area (Å²) in [7, 11) is 0. The van der Waals surface area contributed by atoms with Crippen molar-refractivity contribution in [1.29, 1.82) is 0 Å². The van der Waals surface area contributed by atoms with Crippen molar-refractivity contribution < 1.29 is 9.18 Å². The Labute approximate surface area is 131 Å². The van der Waals surface area contributed by atoms with Crippen LogP contribution >= 0.6 is 23.1 Å². The van der Waals surface area contributed by atoms with Gasteiger partial charge in [-0.2, -0.15) is 11.8 Å². The summed E-state index contributed by atoms with van der Waals surface area (Å²) >= 11 is 3.13. The molecular weight excluding hydrogens is 307 g/mol. The molecule has 3 rings (SSSR count). The fourth-order valence-corrected chi connectivity index (χ4v) is 5.40. The van der Waals surface area contributed by atoms with Crippen LogP contribution in [0.1, 0.15) is 40.9 Å². The molecule has 0 saturated heterocycles. The SMILES string of the molecule is NNC(=O)c1sc2cccc(F)c2c1CSC1CCCC1. The van der Waals surface area contributed by atoms with E-state index in [2.05, 4.69) is 5.43 Å². The molecule has 21 heavy (non-hydrogen) atoms. The van der Waals surface area contributed by atoms with Crippen molar-refractivity contribution in [2.45, 2.75) is 36.7 Å². The van der Waals surface area contributed by atoms with E-state index in [0.717, 1.165) is 10.3 Å². The number of nitrogens with one attached hydrogen (secondary N) is 1. The van der Waals surface area contributed by atoms with Gasteiger partial charge in [0.25, 0.3) is 5.91 Å². The maximum atomic E-state index is 14.2.